The summed E-state index contributed by atoms with van der Waals surface area (Å²) in [6.45, 7) is 2.52. The summed E-state index contributed by atoms with van der Waals surface area (Å²) in [5.41, 5.74) is 6.46. The summed E-state index contributed by atoms with van der Waals surface area (Å²) in [7, 11) is 0. The molecule has 3 aromatic rings. The molecule has 2 atom stereocenters. The fourth-order valence-electron chi connectivity index (χ4n) is 5.62. The van der Waals surface area contributed by atoms with Crippen molar-refractivity contribution >= 4 is 17.4 Å². The van der Waals surface area contributed by atoms with Gasteiger partial charge in [0.25, 0.3) is 5.91 Å². The molecule has 0 saturated carbocycles. The monoisotopic (exact) mass is 465 g/mol. The maximum absolute atomic E-state index is 13.3. The predicted octanol–water partition coefficient (Wildman–Crippen LogP) is 5.03. The number of fused-ring (bicyclic) bond motifs is 2. The van der Waals surface area contributed by atoms with Gasteiger partial charge in [-0.05, 0) is 67.5 Å². The predicted molar refractivity (Wildman–Crippen MR) is 138 cm³/mol. The number of benzene rings is 2. The zero-order chi connectivity index (χ0) is 24.2. The Bertz CT molecular complexity index is 1200. The van der Waals surface area contributed by atoms with Crippen LogP contribution in [0.25, 0.3) is 5.57 Å². The van der Waals surface area contributed by atoms with Crippen LogP contribution in [-0.4, -0.2) is 40.3 Å². The Balaban J connectivity index is 1.44. The molecule has 5 rings (SSSR count). The van der Waals surface area contributed by atoms with E-state index in [9.17, 15) is 9.59 Å². The average Bonchev–Trinajstić information content (AvgIpc) is 3.16. The molecule has 2 aromatic carbocycles. The SMILES string of the molecule is CCNC(=O)c1ccc(/C(=C2/C[C@H]3CC[C@@H](C2)N3C(=O)Cc2ccccc2)c2cccnc2)cc1. The first kappa shape index (κ1) is 23.0. The van der Waals surface area contributed by atoms with Crippen molar-refractivity contribution < 1.29 is 9.59 Å². The average molecular weight is 466 g/mol. The van der Waals surface area contributed by atoms with Gasteiger partial charge in [-0.3, -0.25) is 14.6 Å². The van der Waals surface area contributed by atoms with E-state index in [4.69, 9.17) is 0 Å². The smallest absolute Gasteiger partial charge is 0.251 e. The molecule has 3 heterocycles. The number of hydrogen-bond donors (Lipinski definition) is 1. The van der Waals surface area contributed by atoms with Crippen molar-refractivity contribution in [1.82, 2.24) is 15.2 Å². The van der Waals surface area contributed by atoms with Gasteiger partial charge in [0.1, 0.15) is 0 Å². The van der Waals surface area contributed by atoms with Crippen LogP contribution in [0.5, 0.6) is 0 Å². The van der Waals surface area contributed by atoms with Crippen LogP contribution in [0, 0.1) is 0 Å². The van der Waals surface area contributed by atoms with E-state index in [1.165, 1.54) is 11.1 Å². The molecular formula is C30H31N3O2. The van der Waals surface area contributed by atoms with Gasteiger partial charge in [-0.25, -0.2) is 0 Å². The molecule has 5 heteroatoms. The summed E-state index contributed by atoms with van der Waals surface area (Å²) in [5.74, 6) is 0.176. The Kier molecular flexibility index (Phi) is 6.75. The van der Waals surface area contributed by atoms with Crippen molar-refractivity contribution in [2.75, 3.05) is 6.54 Å². The standard InChI is InChI=1S/C30H31N3O2/c1-2-32-30(35)23-12-10-22(11-13-23)29(24-9-6-16-31-20-24)25-18-26-14-15-27(19-25)33(26)28(34)17-21-7-4-3-5-8-21/h3-13,16,20,26-27H,2,14-15,17-19H2,1H3,(H,32,35)/b29-25-/t26-,27+/m0/s1. The van der Waals surface area contributed by atoms with Crippen LogP contribution in [-0.2, 0) is 11.2 Å². The quantitative estimate of drug-likeness (QED) is 0.555. The van der Waals surface area contributed by atoms with E-state index >= 15 is 0 Å². The van der Waals surface area contributed by atoms with Crippen molar-refractivity contribution in [1.29, 1.82) is 0 Å². The van der Waals surface area contributed by atoms with Gasteiger partial charge in [0.05, 0.1) is 6.42 Å². The Labute approximate surface area is 206 Å². The second-order valence-corrected chi connectivity index (χ2v) is 9.41. The van der Waals surface area contributed by atoms with Crippen LogP contribution in [0.1, 0.15) is 59.7 Å². The number of carbonyl (C=O) groups excluding carboxylic acids is 2. The Hall–Kier alpha value is -3.73. The second kappa shape index (κ2) is 10.3. The molecule has 2 amide bonds. The zero-order valence-electron chi connectivity index (χ0n) is 20.1. The van der Waals surface area contributed by atoms with Gasteiger partial charge < -0.3 is 10.2 Å². The van der Waals surface area contributed by atoms with Gasteiger partial charge in [0.2, 0.25) is 5.91 Å². The molecule has 2 bridgehead atoms. The minimum absolute atomic E-state index is 0.0575. The summed E-state index contributed by atoms with van der Waals surface area (Å²) in [6.07, 6.45) is 8.01. The van der Waals surface area contributed by atoms with Gasteiger partial charge >= 0.3 is 0 Å². The molecule has 2 saturated heterocycles. The maximum Gasteiger partial charge on any atom is 0.251 e. The molecule has 0 radical (unpaired) electrons. The first-order valence-electron chi connectivity index (χ1n) is 12.5. The van der Waals surface area contributed by atoms with Crippen molar-refractivity contribution in [2.45, 2.75) is 51.1 Å². The number of pyridine rings is 1. The van der Waals surface area contributed by atoms with Crippen LogP contribution in [0.4, 0.5) is 0 Å². The van der Waals surface area contributed by atoms with Gasteiger partial charge in [0.15, 0.2) is 0 Å². The number of amides is 2. The number of nitrogens with one attached hydrogen (secondary N) is 1. The highest BCUT2D eigenvalue weighted by atomic mass is 16.2. The number of rotatable bonds is 6. The van der Waals surface area contributed by atoms with E-state index in [0.717, 1.165) is 42.4 Å². The van der Waals surface area contributed by atoms with Gasteiger partial charge in [0, 0.05) is 42.1 Å². The molecule has 1 N–H and O–H groups in total. The van der Waals surface area contributed by atoms with Gasteiger partial charge in [-0.2, -0.15) is 0 Å². The Morgan fingerprint density at radius 2 is 1.57 bits per heavy atom. The van der Waals surface area contributed by atoms with Crippen LogP contribution < -0.4 is 5.32 Å². The molecule has 2 fully saturated rings. The number of piperidine rings is 1. The minimum atomic E-state index is -0.0575. The summed E-state index contributed by atoms with van der Waals surface area (Å²) in [4.78, 5) is 32.1. The molecule has 35 heavy (non-hydrogen) atoms. The lowest BCUT2D eigenvalue weighted by Crippen LogP contribution is -2.45. The number of nitrogens with zero attached hydrogens (tertiary/aromatic N) is 2. The van der Waals surface area contributed by atoms with Crippen LogP contribution in [0.15, 0.2) is 84.7 Å². The highest BCUT2D eigenvalue weighted by molar-refractivity contribution is 5.95. The third kappa shape index (κ3) is 4.90. The second-order valence-electron chi connectivity index (χ2n) is 9.41. The third-order valence-electron chi connectivity index (χ3n) is 7.15. The molecule has 0 spiro atoms. The molecule has 178 valence electrons. The number of aromatic nitrogens is 1. The minimum Gasteiger partial charge on any atom is -0.352 e. The summed E-state index contributed by atoms with van der Waals surface area (Å²) in [5, 5.41) is 2.86. The number of hydrogen-bond acceptors (Lipinski definition) is 3. The first-order chi connectivity index (χ1) is 17.1. The first-order valence-corrected chi connectivity index (χ1v) is 12.5. The molecule has 2 aliphatic heterocycles. The van der Waals surface area contributed by atoms with Gasteiger partial charge in [-0.1, -0.05) is 54.1 Å². The zero-order valence-corrected chi connectivity index (χ0v) is 20.1. The summed E-state index contributed by atoms with van der Waals surface area (Å²) in [6, 6.07) is 22.4. The molecule has 2 aliphatic rings. The van der Waals surface area contributed by atoms with E-state index in [0.29, 0.717) is 18.5 Å². The lowest BCUT2D eigenvalue weighted by molar-refractivity contribution is -0.134. The van der Waals surface area contributed by atoms with Crippen molar-refractivity contribution in [2.24, 2.45) is 0 Å². The van der Waals surface area contributed by atoms with Crippen LogP contribution >= 0.6 is 0 Å². The van der Waals surface area contributed by atoms with Crippen molar-refractivity contribution in [3.8, 4) is 0 Å². The fourth-order valence-corrected chi connectivity index (χ4v) is 5.62. The lowest BCUT2D eigenvalue weighted by atomic mass is 9.85. The Morgan fingerprint density at radius 3 is 2.20 bits per heavy atom. The topological polar surface area (TPSA) is 62.3 Å². The molecule has 1 aromatic heterocycles. The largest absolute Gasteiger partial charge is 0.352 e. The number of carbonyl (C=O) groups is 2. The van der Waals surface area contributed by atoms with Gasteiger partial charge in [-0.15, -0.1) is 0 Å². The highest BCUT2D eigenvalue weighted by Crippen LogP contribution is 2.43. The Morgan fingerprint density at radius 1 is 0.886 bits per heavy atom. The van der Waals surface area contributed by atoms with Crippen LogP contribution in [0.3, 0.4) is 0 Å². The van der Waals surface area contributed by atoms with E-state index in [1.54, 1.807) is 6.20 Å². The highest BCUT2D eigenvalue weighted by Gasteiger charge is 2.41. The van der Waals surface area contributed by atoms with Crippen LogP contribution in [0.2, 0.25) is 0 Å². The summed E-state index contributed by atoms with van der Waals surface area (Å²) < 4.78 is 0. The third-order valence-corrected chi connectivity index (χ3v) is 7.15. The van der Waals surface area contributed by atoms with E-state index < -0.39 is 0 Å². The molecule has 0 aliphatic carbocycles. The fraction of sp³-hybridized carbons (Fsp3) is 0.300. The molecule has 5 nitrogen and oxygen atoms in total. The molecule has 0 unspecified atom stereocenters. The van der Waals surface area contributed by atoms with Crippen molar-refractivity contribution in [3.05, 3.63) is 107 Å². The maximum atomic E-state index is 13.3. The van der Waals surface area contributed by atoms with E-state index in [2.05, 4.69) is 21.3 Å². The normalized spacial score (nSPS) is 20.4. The summed E-state index contributed by atoms with van der Waals surface area (Å²) >= 11 is 0. The van der Waals surface area contributed by atoms with E-state index in [-0.39, 0.29) is 23.9 Å². The molecular weight excluding hydrogens is 434 g/mol. The van der Waals surface area contributed by atoms with Crippen molar-refractivity contribution in [3.63, 3.8) is 0 Å². The van der Waals surface area contributed by atoms with E-state index in [1.807, 2.05) is 73.8 Å². The lowest BCUT2D eigenvalue weighted by Gasteiger charge is -2.37.